The summed E-state index contributed by atoms with van der Waals surface area (Å²) >= 11 is 0. The van der Waals surface area contributed by atoms with Crippen molar-refractivity contribution in [1.82, 2.24) is 20.8 Å². The van der Waals surface area contributed by atoms with Crippen LogP contribution in [-0.2, 0) is 17.6 Å². The van der Waals surface area contributed by atoms with E-state index < -0.39 is 5.60 Å². The van der Waals surface area contributed by atoms with E-state index in [-0.39, 0.29) is 18.5 Å². The molecule has 0 aliphatic carbocycles. The summed E-state index contributed by atoms with van der Waals surface area (Å²) < 4.78 is 10.5. The first-order chi connectivity index (χ1) is 11.7. The molecule has 0 aromatic carbocycles. The minimum Gasteiger partial charge on any atom is -0.466 e. The van der Waals surface area contributed by atoms with Crippen LogP contribution >= 0.6 is 0 Å². The van der Waals surface area contributed by atoms with E-state index in [0.717, 1.165) is 0 Å². The maximum atomic E-state index is 10.5. The lowest BCUT2D eigenvalue weighted by Crippen LogP contribution is -2.44. The van der Waals surface area contributed by atoms with Gasteiger partial charge in [0.2, 0.25) is 5.89 Å². The third-order valence-electron chi connectivity index (χ3n) is 3.48. The van der Waals surface area contributed by atoms with Crippen molar-refractivity contribution in [2.24, 2.45) is 4.99 Å². The smallest absolute Gasteiger partial charge is 0.232 e. The molecule has 138 valence electrons. The first kappa shape index (κ1) is 19.0. The van der Waals surface area contributed by atoms with Crippen molar-refractivity contribution < 1.29 is 14.0 Å². The lowest BCUT2D eigenvalue weighted by molar-refractivity contribution is 0.0386. The average molecular weight is 349 g/mol. The van der Waals surface area contributed by atoms with Crippen molar-refractivity contribution in [1.29, 1.82) is 0 Å². The number of aromatic nitrogens is 2. The van der Waals surface area contributed by atoms with Crippen LogP contribution in [0.5, 0.6) is 0 Å². The maximum Gasteiger partial charge on any atom is 0.232 e. The molecule has 1 unspecified atom stereocenters. The second-order valence-corrected chi connectivity index (χ2v) is 7.07. The minimum absolute atomic E-state index is 0.195. The first-order valence-electron chi connectivity index (χ1n) is 8.34. The number of furan rings is 1. The highest BCUT2D eigenvalue weighted by atomic mass is 16.5. The van der Waals surface area contributed by atoms with Crippen molar-refractivity contribution >= 4 is 5.96 Å². The van der Waals surface area contributed by atoms with Crippen LogP contribution in [0.1, 0.15) is 52.1 Å². The Morgan fingerprint density at radius 1 is 1.28 bits per heavy atom. The summed E-state index contributed by atoms with van der Waals surface area (Å²) in [5.74, 6) is 2.14. The summed E-state index contributed by atoms with van der Waals surface area (Å²) in [5, 5.41) is 20.7. The van der Waals surface area contributed by atoms with E-state index in [1.54, 1.807) is 19.1 Å². The Kier molecular flexibility index (Phi) is 5.84. The van der Waals surface area contributed by atoms with Crippen molar-refractivity contribution in [3.8, 4) is 0 Å². The SMILES string of the molecule is CCNC(=NCc1noc(C(C)(C)C)n1)NCC(C)(O)c1ccco1. The van der Waals surface area contributed by atoms with Gasteiger partial charge in [-0.25, -0.2) is 4.99 Å². The Labute approximate surface area is 147 Å². The van der Waals surface area contributed by atoms with Crippen LogP contribution in [0.3, 0.4) is 0 Å². The second kappa shape index (κ2) is 7.69. The fraction of sp³-hybridized carbons (Fsp3) is 0.588. The standard InChI is InChI=1S/C17H27N5O3/c1-6-18-15(20-11-17(5,23)12-8-7-9-24-12)19-10-13-21-14(25-22-13)16(2,3)4/h7-9,23H,6,10-11H2,1-5H3,(H2,18,19,20). The molecule has 0 radical (unpaired) electrons. The van der Waals surface area contributed by atoms with Crippen molar-refractivity contribution in [3.63, 3.8) is 0 Å². The fourth-order valence-electron chi connectivity index (χ4n) is 2.04. The van der Waals surface area contributed by atoms with Gasteiger partial charge in [0.05, 0.1) is 12.8 Å². The van der Waals surface area contributed by atoms with Crippen LogP contribution in [-0.4, -0.2) is 34.3 Å². The van der Waals surface area contributed by atoms with Gasteiger partial charge in [0.15, 0.2) is 11.8 Å². The van der Waals surface area contributed by atoms with E-state index in [2.05, 4.69) is 25.8 Å². The van der Waals surface area contributed by atoms with Gasteiger partial charge in [0.1, 0.15) is 17.9 Å². The van der Waals surface area contributed by atoms with Crippen LogP contribution in [0.2, 0.25) is 0 Å². The van der Waals surface area contributed by atoms with Gasteiger partial charge in [0, 0.05) is 12.0 Å². The largest absolute Gasteiger partial charge is 0.466 e. The molecular formula is C17H27N5O3. The highest BCUT2D eigenvalue weighted by molar-refractivity contribution is 5.79. The normalized spacial score (nSPS) is 15.0. The van der Waals surface area contributed by atoms with Crippen molar-refractivity contribution in [2.45, 2.75) is 52.2 Å². The summed E-state index contributed by atoms with van der Waals surface area (Å²) in [6, 6.07) is 3.48. The molecule has 3 N–H and O–H groups in total. The number of nitrogens with zero attached hydrogens (tertiary/aromatic N) is 3. The highest BCUT2D eigenvalue weighted by Gasteiger charge is 2.26. The molecule has 0 amide bonds. The molecule has 0 bridgehead atoms. The number of guanidine groups is 1. The second-order valence-electron chi connectivity index (χ2n) is 7.07. The van der Waals surface area contributed by atoms with Crippen molar-refractivity contribution in [2.75, 3.05) is 13.1 Å². The quantitative estimate of drug-likeness (QED) is 0.540. The van der Waals surface area contributed by atoms with E-state index in [0.29, 0.717) is 30.0 Å². The molecule has 1 atom stereocenters. The van der Waals surface area contributed by atoms with E-state index in [1.165, 1.54) is 6.26 Å². The zero-order valence-corrected chi connectivity index (χ0v) is 15.5. The van der Waals surface area contributed by atoms with E-state index >= 15 is 0 Å². The third kappa shape index (κ3) is 5.32. The van der Waals surface area contributed by atoms with Gasteiger partial charge in [-0.2, -0.15) is 4.98 Å². The molecule has 0 spiro atoms. The molecule has 2 aromatic heterocycles. The first-order valence-corrected chi connectivity index (χ1v) is 8.34. The zero-order valence-electron chi connectivity index (χ0n) is 15.5. The lowest BCUT2D eigenvalue weighted by atomic mass is 9.97. The van der Waals surface area contributed by atoms with Crippen LogP contribution in [0.25, 0.3) is 0 Å². The molecule has 0 saturated heterocycles. The third-order valence-corrected chi connectivity index (χ3v) is 3.48. The number of aliphatic imine (C=N–C) groups is 1. The van der Waals surface area contributed by atoms with E-state index in [4.69, 9.17) is 8.94 Å². The number of nitrogens with one attached hydrogen (secondary N) is 2. The predicted octanol–water partition coefficient (Wildman–Crippen LogP) is 1.92. The van der Waals surface area contributed by atoms with Crippen LogP contribution in [0.4, 0.5) is 0 Å². The molecule has 25 heavy (non-hydrogen) atoms. The van der Waals surface area contributed by atoms with Gasteiger partial charge in [-0.15, -0.1) is 0 Å². The number of aliphatic hydroxyl groups is 1. The lowest BCUT2D eigenvalue weighted by Gasteiger charge is -2.22. The summed E-state index contributed by atoms with van der Waals surface area (Å²) in [6.07, 6.45) is 1.53. The van der Waals surface area contributed by atoms with Gasteiger partial charge < -0.3 is 24.7 Å². The molecule has 0 aliphatic rings. The Hall–Kier alpha value is -2.35. The Morgan fingerprint density at radius 2 is 2.04 bits per heavy atom. The van der Waals surface area contributed by atoms with Gasteiger partial charge >= 0.3 is 0 Å². The average Bonchev–Trinajstić information content (AvgIpc) is 3.20. The Bertz CT molecular complexity index is 683. The molecule has 0 saturated carbocycles. The van der Waals surface area contributed by atoms with Crippen molar-refractivity contribution in [3.05, 3.63) is 35.9 Å². The van der Waals surface area contributed by atoms with Gasteiger partial charge in [-0.1, -0.05) is 25.9 Å². The predicted molar refractivity (Wildman–Crippen MR) is 94.1 cm³/mol. The van der Waals surface area contributed by atoms with Crippen LogP contribution in [0, 0.1) is 0 Å². The molecule has 2 aromatic rings. The Morgan fingerprint density at radius 3 is 2.60 bits per heavy atom. The molecule has 8 heteroatoms. The van der Waals surface area contributed by atoms with Crippen LogP contribution < -0.4 is 10.6 Å². The molecule has 2 heterocycles. The van der Waals surface area contributed by atoms with E-state index in [1.807, 2.05) is 27.7 Å². The number of hydrogen-bond acceptors (Lipinski definition) is 6. The fourth-order valence-corrected chi connectivity index (χ4v) is 2.04. The van der Waals surface area contributed by atoms with Gasteiger partial charge in [-0.3, -0.25) is 0 Å². The van der Waals surface area contributed by atoms with Crippen LogP contribution in [0.15, 0.2) is 32.3 Å². The van der Waals surface area contributed by atoms with E-state index in [9.17, 15) is 5.11 Å². The topological polar surface area (TPSA) is 109 Å². The maximum absolute atomic E-state index is 10.5. The van der Waals surface area contributed by atoms with Gasteiger partial charge in [0.25, 0.3) is 0 Å². The summed E-state index contributed by atoms with van der Waals surface area (Å²) in [5.41, 5.74) is -1.34. The molecule has 8 nitrogen and oxygen atoms in total. The number of hydrogen-bond donors (Lipinski definition) is 3. The summed E-state index contributed by atoms with van der Waals surface area (Å²) in [6.45, 7) is 10.9. The molecule has 0 fully saturated rings. The highest BCUT2D eigenvalue weighted by Crippen LogP contribution is 2.20. The van der Waals surface area contributed by atoms with Gasteiger partial charge in [-0.05, 0) is 26.0 Å². The monoisotopic (exact) mass is 349 g/mol. The summed E-state index contributed by atoms with van der Waals surface area (Å²) in [7, 11) is 0. The minimum atomic E-state index is -1.15. The molecular weight excluding hydrogens is 322 g/mol. The molecule has 0 aliphatic heterocycles. The summed E-state index contributed by atoms with van der Waals surface area (Å²) in [4.78, 5) is 8.79. The molecule has 2 rings (SSSR count). The zero-order chi connectivity index (χ0) is 18.5. The Balaban J connectivity index is 2.00. The number of rotatable bonds is 6.